The molecular weight excluding hydrogens is 202 g/mol. The van der Waals surface area contributed by atoms with Crippen molar-refractivity contribution in [2.24, 2.45) is 5.92 Å². The maximum atomic E-state index is 8.89. The fourth-order valence-electron chi connectivity index (χ4n) is 1.86. The van der Waals surface area contributed by atoms with E-state index in [9.17, 15) is 0 Å². The lowest BCUT2D eigenvalue weighted by atomic mass is 10.0. The van der Waals surface area contributed by atoms with E-state index in [1.807, 2.05) is 0 Å². The highest BCUT2D eigenvalue weighted by atomic mass is 16.5. The van der Waals surface area contributed by atoms with E-state index in [1.165, 1.54) is 12.8 Å². The molecule has 1 fully saturated rings. The SMILES string of the molecule is N#Cc1ccncc1OCC1CCCNC1. The van der Waals surface area contributed by atoms with Gasteiger partial charge < -0.3 is 10.1 Å². The van der Waals surface area contributed by atoms with Crippen molar-refractivity contribution in [2.75, 3.05) is 19.7 Å². The first kappa shape index (κ1) is 10.9. The van der Waals surface area contributed by atoms with Crippen LogP contribution in [0.3, 0.4) is 0 Å². The Balaban J connectivity index is 1.91. The molecule has 1 aromatic rings. The summed E-state index contributed by atoms with van der Waals surface area (Å²) >= 11 is 0. The van der Waals surface area contributed by atoms with E-state index in [4.69, 9.17) is 10.00 Å². The van der Waals surface area contributed by atoms with Gasteiger partial charge in [0.1, 0.15) is 6.07 Å². The number of ether oxygens (including phenoxy) is 1. The van der Waals surface area contributed by atoms with Gasteiger partial charge in [0.15, 0.2) is 5.75 Å². The summed E-state index contributed by atoms with van der Waals surface area (Å²) in [4.78, 5) is 3.97. The molecule has 0 saturated carbocycles. The summed E-state index contributed by atoms with van der Waals surface area (Å²) in [5.41, 5.74) is 0.554. The molecular formula is C12H15N3O. The molecule has 4 heteroatoms. The molecule has 1 aliphatic rings. The largest absolute Gasteiger partial charge is 0.490 e. The van der Waals surface area contributed by atoms with Gasteiger partial charge >= 0.3 is 0 Å². The van der Waals surface area contributed by atoms with Crippen LogP contribution in [-0.4, -0.2) is 24.7 Å². The van der Waals surface area contributed by atoms with Gasteiger partial charge in [0, 0.05) is 18.7 Å². The number of nitrogens with zero attached hydrogens (tertiary/aromatic N) is 2. The van der Waals surface area contributed by atoms with Gasteiger partial charge in [-0.15, -0.1) is 0 Å². The number of hydrogen-bond acceptors (Lipinski definition) is 4. The van der Waals surface area contributed by atoms with Crippen molar-refractivity contribution in [2.45, 2.75) is 12.8 Å². The van der Waals surface area contributed by atoms with E-state index in [0.29, 0.717) is 23.8 Å². The standard InChI is InChI=1S/C12H15N3O/c13-6-11-3-5-15-8-12(11)16-9-10-2-1-4-14-7-10/h3,5,8,10,14H,1-2,4,7,9H2. The molecule has 0 spiro atoms. The predicted molar refractivity (Wildman–Crippen MR) is 60.0 cm³/mol. The van der Waals surface area contributed by atoms with Gasteiger partial charge in [-0.2, -0.15) is 5.26 Å². The topological polar surface area (TPSA) is 57.9 Å². The Morgan fingerprint density at radius 3 is 3.31 bits per heavy atom. The summed E-state index contributed by atoms with van der Waals surface area (Å²) in [6.07, 6.45) is 5.60. The fourth-order valence-corrected chi connectivity index (χ4v) is 1.86. The van der Waals surface area contributed by atoms with Crippen LogP contribution in [0.25, 0.3) is 0 Å². The monoisotopic (exact) mass is 217 g/mol. The second kappa shape index (κ2) is 5.47. The molecule has 1 unspecified atom stereocenters. The lowest BCUT2D eigenvalue weighted by molar-refractivity contribution is 0.217. The fraction of sp³-hybridized carbons (Fsp3) is 0.500. The second-order valence-corrected chi connectivity index (χ2v) is 4.01. The molecule has 2 rings (SSSR count). The van der Waals surface area contributed by atoms with Gasteiger partial charge in [0.05, 0.1) is 18.4 Å². The van der Waals surface area contributed by atoms with E-state index >= 15 is 0 Å². The Morgan fingerprint density at radius 1 is 1.62 bits per heavy atom. The zero-order valence-corrected chi connectivity index (χ0v) is 9.15. The zero-order chi connectivity index (χ0) is 11.2. The minimum Gasteiger partial charge on any atom is -0.490 e. The first-order valence-electron chi connectivity index (χ1n) is 5.58. The molecule has 0 bridgehead atoms. The van der Waals surface area contributed by atoms with Gasteiger partial charge in [-0.25, -0.2) is 0 Å². The Kier molecular flexibility index (Phi) is 3.73. The van der Waals surface area contributed by atoms with Crippen LogP contribution in [0.1, 0.15) is 18.4 Å². The maximum absolute atomic E-state index is 8.89. The molecule has 84 valence electrons. The van der Waals surface area contributed by atoms with Gasteiger partial charge in [-0.05, 0) is 25.5 Å². The zero-order valence-electron chi connectivity index (χ0n) is 9.15. The minimum absolute atomic E-state index is 0.542. The first-order valence-corrected chi connectivity index (χ1v) is 5.58. The van der Waals surface area contributed by atoms with Crippen LogP contribution >= 0.6 is 0 Å². The summed E-state index contributed by atoms with van der Waals surface area (Å²) in [7, 11) is 0. The van der Waals surface area contributed by atoms with Gasteiger partial charge in [0.25, 0.3) is 0 Å². The van der Waals surface area contributed by atoms with Crippen molar-refractivity contribution in [3.63, 3.8) is 0 Å². The van der Waals surface area contributed by atoms with Crippen LogP contribution in [0.15, 0.2) is 18.5 Å². The lowest BCUT2D eigenvalue weighted by Crippen LogP contribution is -2.33. The summed E-state index contributed by atoms with van der Waals surface area (Å²) in [5, 5.41) is 12.2. The number of nitriles is 1. The van der Waals surface area contributed by atoms with Crippen molar-refractivity contribution in [3.8, 4) is 11.8 Å². The Morgan fingerprint density at radius 2 is 2.56 bits per heavy atom. The number of rotatable bonds is 3. The van der Waals surface area contributed by atoms with Crippen LogP contribution < -0.4 is 10.1 Å². The third kappa shape index (κ3) is 2.71. The van der Waals surface area contributed by atoms with Gasteiger partial charge in [0.2, 0.25) is 0 Å². The number of nitrogens with one attached hydrogen (secondary N) is 1. The highest BCUT2D eigenvalue weighted by Crippen LogP contribution is 2.17. The molecule has 1 saturated heterocycles. The molecule has 1 aromatic heterocycles. The van der Waals surface area contributed by atoms with Crippen molar-refractivity contribution in [1.82, 2.24) is 10.3 Å². The molecule has 1 N–H and O–H groups in total. The molecule has 0 radical (unpaired) electrons. The Hall–Kier alpha value is -1.60. The molecule has 0 aliphatic carbocycles. The summed E-state index contributed by atoms with van der Waals surface area (Å²) in [6.45, 7) is 2.77. The van der Waals surface area contributed by atoms with E-state index in [1.54, 1.807) is 18.5 Å². The summed E-state index contributed by atoms with van der Waals surface area (Å²) < 4.78 is 5.64. The van der Waals surface area contributed by atoms with Crippen LogP contribution in [0.2, 0.25) is 0 Å². The number of piperidine rings is 1. The Labute approximate surface area is 95.3 Å². The molecule has 0 amide bonds. The smallest absolute Gasteiger partial charge is 0.155 e. The number of hydrogen-bond donors (Lipinski definition) is 1. The van der Waals surface area contributed by atoms with E-state index < -0.39 is 0 Å². The van der Waals surface area contributed by atoms with Gasteiger partial charge in [-0.1, -0.05) is 0 Å². The average Bonchev–Trinajstić information content (AvgIpc) is 2.38. The molecule has 1 aliphatic heterocycles. The van der Waals surface area contributed by atoms with E-state index in [-0.39, 0.29) is 0 Å². The molecule has 4 nitrogen and oxygen atoms in total. The lowest BCUT2D eigenvalue weighted by Gasteiger charge is -2.22. The highest BCUT2D eigenvalue weighted by Gasteiger charge is 2.14. The normalized spacial score (nSPS) is 20.1. The van der Waals surface area contributed by atoms with Crippen LogP contribution in [0.5, 0.6) is 5.75 Å². The first-order chi connectivity index (χ1) is 7.90. The highest BCUT2D eigenvalue weighted by molar-refractivity contribution is 5.40. The third-order valence-corrected chi connectivity index (χ3v) is 2.78. The van der Waals surface area contributed by atoms with E-state index in [0.717, 1.165) is 13.1 Å². The number of aromatic nitrogens is 1. The quantitative estimate of drug-likeness (QED) is 0.829. The van der Waals surface area contributed by atoms with Crippen molar-refractivity contribution >= 4 is 0 Å². The van der Waals surface area contributed by atoms with Crippen LogP contribution in [0, 0.1) is 17.2 Å². The van der Waals surface area contributed by atoms with Crippen molar-refractivity contribution < 1.29 is 4.74 Å². The average molecular weight is 217 g/mol. The van der Waals surface area contributed by atoms with Gasteiger partial charge in [-0.3, -0.25) is 4.98 Å². The summed E-state index contributed by atoms with van der Waals surface area (Å²) in [6, 6.07) is 3.78. The Bertz CT molecular complexity index is 380. The predicted octanol–water partition coefficient (Wildman–Crippen LogP) is 1.33. The summed E-state index contributed by atoms with van der Waals surface area (Å²) in [5.74, 6) is 1.14. The molecule has 1 atom stereocenters. The van der Waals surface area contributed by atoms with Crippen molar-refractivity contribution in [1.29, 1.82) is 5.26 Å². The maximum Gasteiger partial charge on any atom is 0.155 e. The van der Waals surface area contributed by atoms with Crippen LogP contribution in [0.4, 0.5) is 0 Å². The second-order valence-electron chi connectivity index (χ2n) is 4.01. The van der Waals surface area contributed by atoms with Crippen LogP contribution in [-0.2, 0) is 0 Å². The minimum atomic E-state index is 0.542. The molecule has 16 heavy (non-hydrogen) atoms. The van der Waals surface area contributed by atoms with Crippen molar-refractivity contribution in [3.05, 3.63) is 24.0 Å². The van der Waals surface area contributed by atoms with E-state index in [2.05, 4.69) is 16.4 Å². The third-order valence-electron chi connectivity index (χ3n) is 2.78. The molecule has 0 aromatic carbocycles. The molecule has 2 heterocycles. The number of pyridine rings is 1.